The molecule has 0 fully saturated rings. The second-order valence-corrected chi connectivity index (χ2v) is 3.82. The van der Waals surface area contributed by atoms with E-state index in [1.807, 2.05) is 11.9 Å². The van der Waals surface area contributed by atoms with Gasteiger partial charge in [-0.1, -0.05) is 11.6 Å². The van der Waals surface area contributed by atoms with E-state index in [-0.39, 0.29) is 6.10 Å². The maximum Gasteiger partial charge on any atom is 0.187 e. The van der Waals surface area contributed by atoms with E-state index >= 15 is 0 Å². The van der Waals surface area contributed by atoms with Crippen molar-refractivity contribution in [2.75, 3.05) is 18.5 Å². The molecule has 4 nitrogen and oxygen atoms in total. The minimum Gasteiger partial charge on any atom is -0.393 e. The molecule has 0 bridgehead atoms. The molecule has 0 aliphatic carbocycles. The van der Waals surface area contributed by atoms with Crippen LogP contribution in [0.4, 0.5) is 5.82 Å². The van der Waals surface area contributed by atoms with E-state index in [9.17, 15) is 0 Å². The van der Waals surface area contributed by atoms with Crippen LogP contribution in [0, 0.1) is 0 Å². The predicted octanol–water partition coefficient (Wildman–Crippen LogP) is 1.40. The molecule has 0 aliphatic heterocycles. The number of halogens is 1. The Morgan fingerprint density at radius 1 is 1.62 bits per heavy atom. The van der Waals surface area contributed by atoms with Crippen LogP contribution >= 0.6 is 23.3 Å². The monoisotopic (exact) mass is 221 g/mol. The average Bonchev–Trinajstić information content (AvgIpc) is 2.47. The lowest BCUT2D eigenvalue weighted by Crippen LogP contribution is -2.22. The van der Waals surface area contributed by atoms with Crippen LogP contribution in [-0.4, -0.2) is 33.6 Å². The molecule has 1 N–H and O–H groups in total. The normalized spacial score (nSPS) is 12.9. The van der Waals surface area contributed by atoms with Crippen molar-refractivity contribution in [3.05, 3.63) is 5.15 Å². The molecular formula is C7H12ClN3OS. The molecule has 1 aromatic heterocycles. The van der Waals surface area contributed by atoms with E-state index in [0.717, 1.165) is 18.3 Å². The third-order valence-electron chi connectivity index (χ3n) is 1.68. The lowest BCUT2D eigenvalue weighted by molar-refractivity contribution is 0.187. The summed E-state index contributed by atoms with van der Waals surface area (Å²) in [4.78, 5) is 1.89. The maximum atomic E-state index is 9.07. The summed E-state index contributed by atoms with van der Waals surface area (Å²) in [5.41, 5.74) is 0. The molecule has 1 aromatic rings. The van der Waals surface area contributed by atoms with Gasteiger partial charge in [0, 0.05) is 13.6 Å². The lowest BCUT2D eigenvalue weighted by Gasteiger charge is -2.16. The number of aliphatic hydroxyl groups excluding tert-OH is 1. The van der Waals surface area contributed by atoms with E-state index in [1.165, 1.54) is 0 Å². The highest BCUT2D eigenvalue weighted by molar-refractivity contribution is 6.99. The van der Waals surface area contributed by atoms with Crippen molar-refractivity contribution < 1.29 is 5.11 Å². The zero-order valence-electron chi connectivity index (χ0n) is 7.57. The fraction of sp³-hybridized carbons (Fsp3) is 0.714. The van der Waals surface area contributed by atoms with Crippen LogP contribution in [0.1, 0.15) is 13.3 Å². The zero-order chi connectivity index (χ0) is 9.84. The summed E-state index contributed by atoms with van der Waals surface area (Å²) in [6.07, 6.45) is 0.400. The van der Waals surface area contributed by atoms with Crippen LogP contribution in [-0.2, 0) is 0 Å². The molecule has 1 atom stereocenters. The molecule has 0 aromatic carbocycles. The molecule has 6 heteroatoms. The highest BCUT2D eigenvalue weighted by Crippen LogP contribution is 2.21. The quantitative estimate of drug-likeness (QED) is 0.835. The fourth-order valence-corrected chi connectivity index (χ4v) is 1.71. The van der Waals surface area contributed by atoms with Crippen LogP contribution in [0.2, 0.25) is 5.15 Å². The molecule has 0 amide bonds. The van der Waals surface area contributed by atoms with Gasteiger partial charge in [0.2, 0.25) is 0 Å². The van der Waals surface area contributed by atoms with Crippen molar-refractivity contribution in [3.63, 3.8) is 0 Å². The molecule has 1 heterocycles. The summed E-state index contributed by atoms with van der Waals surface area (Å²) in [6.45, 7) is 2.48. The second kappa shape index (κ2) is 4.74. The Morgan fingerprint density at radius 3 is 2.77 bits per heavy atom. The van der Waals surface area contributed by atoms with Gasteiger partial charge in [0.1, 0.15) is 0 Å². The average molecular weight is 222 g/mol. The number of rotatable bonds is 4. The molecule has 0 saturated heterocycles. The van der Waals surface area contributed by atoms with Gasteiger partial charge in [0.15, 0.2) is 11.0 Å². The van der Waals surface area contributed by atoms with E-state index < -0.39 is 0 Å². The summed E-state index contributed by atoms with van der Waals surface area (Å²) in [7, 11) is 1.88. The van der Waals surface area contributed by atoms with Crippen molar-refractivity contribution in [3.8, 4) is 0 Å². The molecule has 74 valence electrons. The van der Waals surface area contributed by atoms with Crippen molar-refractivity contribution in [1.29, 1.82) is 0 Å². The first-order chi connectivity index (χ1) is 6.11. The fourth-order valence-electron chi connectivity index (χ4n) is 0.887. The molecule has 0 saturated carbocycles. The first-order valence-corrected chi connectivity index (χ1v) is 5.09. The Labute approximate surface area is 86.5 Å². The first kappa shape index (κ1) is 10.7. The number of anilines is 1. The van der Waals surface area contributed by atoms with Gasteiger partial charge in [-0.05, 0) is 13.3 Å². The maximum absolute atomic E-state index is 9.07. The van der Waals surface area contributed by atoms with Crippen LogP contribution in [0.3, 0.4) is 0 Å². The Kier molecular flexibility index (Phi) is 3.90. The van der Waals surface area contributed by atoms with Crippen LogP contribution in [0.5, 0.6) is 0 Å². The summed E-state index contributed by atoms with van der Waals surface area (Å²) < 4.78 is 7.89. The van der Waals surface area contributed by atoms with Crippen molar-refractivity contribution in [1.82, 2.24) is 8.75 Å². The number of hydrogen-bond acceptors (Lipinski definition) is 5. The Morgan fingerprint density at radius 2 is 2.31 bits per heavy atom. The Bertz CT molecular complexity index is 266. The molecular weight excluding hydrogens is 210 g/mol. The highest BCUT2D eigenvalue weighted by atomic mass is 35.5. The van der Waals surface area contributed by atoms with E-state index in [1.54, 1.807) is 6.92 Å². The summed E-state index contributed by atoms with van der Waals surface area (Å²) in [5.74, 6) is 0.687. The molecule has 1 unspecified atom stereocenters. The number of hydrogen-bond donors (Lipinski definition) is 1. The minimum absolute atomic E-state index is 0.298. The van der Waals surface area contributed by atoms with Gasteiger partial charge in [-0.3, -0.25) is 0 Å². The number of aliphatic hydroxyl groups is 1. The van der Waals surface area contributed by atoms with Gasteiger partial charge in [-0.15, -0.1) is 0 Å². The van der Waals surface area contributed by atoms with Gasteiger partial charge in [0.05, 0.1) is 17.8 Å². The van der Waals surface area contributed by atoms with Crippen molar-refractivity contribution in [2.45, 2.75) is 19.4 Å². The van der Waals surface area contributed by atoms with Gasteiger partial charge >= 0.3 is 0 Å². The summed E-state index contributed by atoms with van der Waals surface area (Å²) in [6, 6.07) is 0. The SMILES string of the molecule is CC(O)CCN(C)c1nsnc1Cl. The van der Waals surface area contributed by atoms with Crippen LogP contribution in [0.15, 0.2) is 0 Å². The largest absolute Gasteiger partial charge is 0.393 e. The van der Waals surface area contributed by atoms with E-state index in [0.29, 0.717) is 17.4 Å². The van der Waals surface area contributed by atoms with Gasteiger partial charge < -0.3 is 10.0 Å². The minimum atomic E-state index is -0.298. The van der Waals surface area contributed by atoms with E-state index in [4.69, 9.17) is 16.7 Å². The standard InChI is InChI=1S/C7H12ClN3OS/c1-5(12)3-4-11(2)7-6(8)9-13-10-7/h5,12H,3-4H2,1-2H3. The third-order valence-corrected chi connectivity index (χ3v) is 2.55. The Balaban J connectivity index is 2.49. The number of aromatic nitrogens is 2. The summed E-state index contributed by atoms with van der Waals surface area (Å²) >= 11 is 6.88. The molecule has 0 radical (unpaired) electrons. The van der Waals surface area contributed by atoms with Crippen molar-refractivity contribution in [2.24, 2.45) is 0 Å². The molecule has 13 heavy (non-hydrogen) atoms. The van der Waals surface area contributed by atoms with Crippen molar-refractivity contribution >= 4 is 29.1 Å². The third kappa shape index (κ3) is 3.10. The highest BCUT2D eigenvalue weighted by Gasteiger charge is 2.10. The lowest BCUT2D eigenvalue weighted by atomic mass is 10.3. The number of nitrogens with zero attached hydrogens (tertiary/aromatic N) is 3. The zero-order valence-corrected chi connectivity index (χ0v) is 9.14. The summed E-state index contributed by atoms with van der Waals surface area (Å²) in [5, 5.41) is 9.50. The predicted molar refractivity (Wildman–Crippen MR) is 54.5 cm³/mol. The molecule has 0 aliphatic rings. The first-order valence-electron chi connectivity index (χ1n) is 3.98. The smallest absolute Gasteiger partial charge is 0.187 e. The molecule has 0 spiro atoms. The Hall–Kier alpha value is -0.390. The van der Waals surface area contributed by atoms with Gasteiger partial charge in [-0.25, -0.2) is 0 Å². The van der Waals surface area contributed by atoms with Crippen LogP contribution < -0.4 is 4.90 Å². The molecule has 1 rings (SSSR count). The topological polar surface area (TPSA) is 49.2 Å². The van der Waals surface area contributed by atoms with Gasteiger partial charge in [0.25, 0.3) is 0 Å². The van der Waals surface area contributed by atoms with Gasteiger partial charge in [-0.2, -0.15) is 8.75 Å². The van der Waals surface area contributed by atoms with Crippen LogP contribution in [0.25, 0.3) is 0 Å². The second-order valence-electron chi connectivity index (χ2n) is 2.94. The van der Waals surface area contributed by atoms with E-state index in [2.05, 4.69) is 8.75 Å².